The van der Waals surface area contributed by atoms with Gasteiger partial charge < -0.3 is 15.5 Å². The molecule has 148 valence electrons. The van der Waals surface area contributed by atoms with E-state index >= 15 is 0 Å². The molecule has 4 N–H and O–H groups in total. The second-order valence-corrected chi connectivity index (χ2v) is 7.19. The molecule has 0 unspecified atom stereocenters. The van der Waals surface area contributed by atoms with Gasteiger partial charge in [0.15, 0.2) is 0 Å². The third-order valence-electron chi connectivity index (χ3n) is 5.11. The quantitative estimate of drug-likeness (QED) is 0.711. The number of allylic oxidation sites excluding steroid dienone is 1. The zero-order chi connectivity index (χ0) is 18.8. The summed E-state index contributed by atoms with van der Waals surface area (Å²) in [6.07, 6.45) is 4.12. The molecule has 2 aromatic rings. The predicted molar refractivity (Wildman–Crippen MR) is 107 cm³/mol. The topological polar surface area (TPSA) is 96.9 Å². The summed E-state index contributed by atoms with van der Waals surface area (Å²) in [5.74, 6) is -0.573. The van der Waals surface area contributed by atoms with Gasteiger partial charge in [-0.15, -0.1) is 17.5 Å². The third kappa shape index (κ3) is 4.78. The zero-order valence-corrected chi connectivity index (χ0v) is 16.4. The van der Waals surface area contributed by atoms with Gasteiger partial charge in [-0.2, -0.15) is 0 Å². The number of halogens is 2. The Balaban J connectivity index is 0.00000261. The van der Waals surface area contributed by atoms with E-state index in [1.54, 1.807) is 13.0 Å². The van der Waals surface area contributed by atoms with Crippen molar-refractivity contribution in [2.75, 3.05) is 5.32 Å². The van der Waals surface area contributed by atoms with Crippen LogP contribution in [0.25, 0.3) is 17.0 Å². The number of hydrogen-bond donors (Lipinski definition) is 3. The fourth-order valence-electron chi connectivity index (χ4n) is 3.64. The van der Waals surface area contributed by atoms with E-state index in [9.17, 15) is 9.18 Å². The minimum Gasteiger partial charge on any atom is -0.388 e. The highest BCUT2D eigenvalue weighted by Crippen LogP contribution is 2.34. The molecule has 0 radical (unpaired) electrons. The van der Waals surface area contributed by atoms with Crippen LogP contribution in [0.4, 0.5) is 10.1 Å². The molecule has 1 heterocycles. The number of aromatic amines is 1. The van der Waals surface area contributed by atoms with E-state index in [0.717, 1.165) is 25.7 Å². The van der Waals surface area contributed by atoms with Crippen LogP contribution < -0.4 is 16.8 Å². The van der Waals surface area contributed by atoms with E-state index in [1.807, 2.05) is 0 Å². The molecule has 1 aliphatic rings. The summed E-state index contributed by atoms with van der Waals surface area (Å²) in [5.41, 5.74) is 8.07. The summed E-state index contributed by atoms with van der Waals surface area (Å²) in [6, 6.07) is 3.49. The van der Waals surface area contributed by atoms with E-state index < -0.39 is 11.6 Å². The van der Waals surface area contributed by atoms with Gasteiger partial charge in [0.1, 0.15) is 5.82 Å². The largest absolute Gasteiger partial charge is 0.434 e. The molecule has 27 heavy (non-hydrogen) atoms. The monoisotopic (exact) mass is 396 g/mol. The first-order valence-electron chi connectivity index (χ1n) is 8.92. The van der Waals surface area contributed by atoms with Crippen molar-refractivity contribution in [3.05, 3.63) is 40.6 Å². The molecular formula is C19H26ClFN4O2. The molecule has 1 aromatic heterocycles. The van der Waals surface area contributed by atoms with Crippen molar-refractivity contribution in [2.24, 2.45) is 11.7 Å². The van der Waals surface area contributed by atoms with Crippen LogP contribution in [0.3, 0.4) is 0 Å². The number of aromatic nitrogens is 2. The number of H-pyrrole nitrogens is 1. The lowest BCUT2D eigenvalue weighted by atomic mass is 9.82. The first-order chi connectivity index (χ1) is 12.3. The Kier molecular flexibility index (Phi) is 6.84. The van der Waals surface area contributed by atoms with Gasteiger partial charge in [0.05, 0.1) is 0 Å². The Morgan fingerprint density at radius 3 is 2.63 bits per heavy atom. The van der Waals surface area contributed by atoms with Gasteiger partial charge in [-0.3, -0.25) is 0 Å². The fraction of sp³-hybridized carbons (Fsp3) is 0.474. The molecule has 8 heteroatoms. The Labute approximate surface area is 163 Å². The molecule has 1 aromatic carbocycles. The zero-order valence-electron chi connectivity index (χ0n) is 15.5. The van der Waals surface area contributed by atoms with Gasteiger partial charge in [-0.05, 0) is 63.2 Å². The molecular weight excluding hydrogens is 371 g/mol. The maximum atomic E-state index is 14.7. The first-order valence-corrected chi connectivity index (χ1v) is 8.92. The van der Waals surface area contributed by atoms with Gasteiger partial charge in [-0.1, -0.05) is 6.58 Å². The van der Waals surface area contributed by atoms with Gasteiger partial charge in [-0.25, -0.2) is 14.3 Å². The molecule has 1 aliphatic carbocycles. The smallest absolute Gasteiger partial charge is 0.388 e. The Hall–Kier alpha value is -2.12. The van der Waals surface area contributed by atoms with Crippen LogP contribution in [-0.2, 0) is 0 Å². The summed E-state index contributed by atoms with van der Waals surface area (Å²) in [6.45, 7) is 7.76. The molecule has 1 saturated carbocycles. The summed E-state index contributed by atoms with van der Waals surface area (Å²) < 4.78 is 19.7. The number of hydrogen-bond acceptors (Lipinski definition) is 5. The van der Waals surface area contributed by atoms with Gasteiger partial charge in [0.2, 0.25) is 5.89 Å². The Morgan fingerprint density at radius 2 is 2.07 bits per heavy atom. The number of nitrogens with zero attached hydrogens (tertiary/aromatic N) is 1. The van der Waals surface area contributed by atoms with Crippen molar-refractivity contribution < 1.29 is 8.81 Å². The van der Waals surface area contributed by atoms with Crippen molar-refractivity contribution >= 4 is 23.7 Å². The maximum absolute atomic E-state index is 14.7. The van der Waals surface area contributed by atoms with Crippen molar-refractivity contribution in [1.29, 1.82) is 0 Å². The van der Waals surface area contributed by atoms with Crippen molar-refractivity contribution in [3.8, 4) is 11.5 Å². The predicted octanol–water partition coefficient (Wildman–Crippen LogP) is 3.94. The van der Waals surface area contributed by atoms with E-state index in [2.05, 4.69) is 29.0 Å². The number of benzene rings is 1. The van der Waals surface area contributed by atoms with Crippen LogP contribution >= 0.6 is 12.4 Å². The van der Waals surface area contributed by atoms with E-state index in [0.29, 0.717) is 28.3 Å². The van der Waals surface area contributed by atoms with E-state index in [4.69, 9.17) is 10.2 Å². The number of nitrogens with one attached hydrogen (secondary N) is 2. The minimum atomic E-state index is -0.675. The Morgan fingerprint density at radius 1 is 1.41 bits per heavy atom. The molecule has 0 amide bonds. The highest BCUT2D eigenvalue weighted by Gasteiger charge is 2.25. The number of anilines is 1. The second-order valence-electron chi connectivity index (χ2n) is 7.19. The van der Waals surface area contributed by atoms with E-state index in [1.165, 1.54) is 6.07 Å². The molecule has 3 rings (SSSR count). The number of nitrogens with two attached hydrogens (primary N) is 1. The molecule has 1 atom stereocenters. The molecule has 0 bridgehead atoms. The highest BCUT2D eigenvalue weighted by molar-refractivity contribution is 5.85. The van der Waals surface area contributed by atoms with Crippen LogP contribution in [0, 0.1) is 11.7 Å². The van der Waals surface area contributed by atoms with Crippen LogP contribution in [0.15, 0.2) is 27.9 Å². The van der Waals surface area contributed by atoms with Crippen molar-refractivity contribution in [1.82, 2.24) is 10.2 Å². The van der Waals surface area contributed by atoms with Gasteiger partial charge >= 0.3 is 5.76 Å². The lowest BCUT2D eigenvalue weighted by molar-refractivity contribution is 0.302. The SMILES string of the molecule is C=C(C)c1c(F)cc(-c2n[nH]c(=O)o2)cc1N[C@@H](C)C1CCC(N)CC1.Cl. The molecule has 0 spiro atoms. The van der Waals surface area contributed by atoms with Crippen molar-refractivity contribution in [3.63, 3.8) is 0 Å². The standard InChI is InChI=1S/C19H25FN4O2.ClH/c1-10(2)17-15(20)8-13(18-23-24-19(25)26-18)9-16(17)22-11(3)12-4-6-14(21)7-5-12;/h8-9,11-12,14,22H,1,4-7,21H2,2-3H3,(H,24,25);1H/t11-,12?,14?;/m0./s1. The minimum absolute atomic E-state index is 0. The summed E-state index contributed by atoms with van der Waals surface area (Å²) in [7, 11) is 0. The molecule has 0 aliphatic heterocycles. The van der Waals surface area contributed by atoms with Gasteiger partial charge in [0, 0.05) is 28.9 Å². The van der Waals surface area contributed by atoms with E-state index in [-0.39, 0.29) is 30.4 Å². The fourth-order valence-corrected chi connectivity index (χ4v) is 3.64. The normalized spacial score (nSPS) is 20.6. The molecule has 1 fully saturated rings. The summed E-state index contributed by atoms with van der Waals surface area (Å²) >= 11 is 0. The first kappa shape index (κ1) is 21.2. The lowest BCUT2D eigenvalue weighted by Crippen LogP contribution is -2.34. The van der Waals surface area contributed by atoms with Crippen LogP contribution in [0.1, 0.15) is 45.1 Å². The molecule has 0 saturated heterocycles. The van der Waals surface area contributed by atoms with Crippen molar-refractivity contribution in [2.45, 2.75) is 51.6 Å². The van der Waals surface area contributed by atoms with Crippen LogP contribution in [0.5, 0.6) is 0 Å². The number of rotatable bonds is 5. The highest BCUT2D eigenvalue weighted by atomic mass is 35.5. The lowest BCUT2D eigenvalue weighted by Gasteiger charge is -2.32. The summed E-state index contributed by atoms with van der Waals surface area (Å²) in [5, 5.41) is 9.42. The molecule has 6 nitrogen and oxygen atoms in total. The Bertz CT molecular complexity index is 856. The second kappa shape index (κ2) is 8.71. The average Bonchev–Trinajstić information content (AvgIpc) is 3.01. The maximum Gasteiger partial charge on any atom is 0.434 e. The third-order valence-corrected chi connectivity index (χ3v) is 5.11. The summed E-state index contributed by atoms with van der Waals surface area (Å²) in [4.78, 5) is 11.2. The average molecular weight is 397 g/mol. The van der Waals surface area contributed by atoms with Crippen LogP contribution in [-0.4, -0.2) is 22.3 Å². The van der Waals surface area contributed by atoms with Crippen LogP contribution in [0.2, 0.25) is 0 Å². The van der Waals surface area contributed by atoms with Gasteiger partial charge in [0.25, 0.3) is 0 Å².